The number of nitrogens with two attached hydrogens (primary N) is 1. The summed E-state index contributed by atoms with van der Waals surface area (Å²) in [4.78, 5) is 19.1. The Bertz CT molecular complexity index is 1100. The molecule has 30 heavy (non-hydrogen) atoms. The SMILES string of the molecule is CCc1c(C(=O)N2CCOc3ccc(-c4ccc(N)nc4)cc3C2)ccc(C)c1F. The zero-order valence-corrected chi connectivity index (χ0v) is 17.1. The van der Waals surface area contributed by atoms with Crippen molar-refractivity contribution >= 4 is 11.7 Å². The topological polar surface area (TPSA) is 68.5 Å². The van der Waals surface area contributed by atoms with Gasteiger partial charge in [0.1, 0.15) is 24.0 Å². The van der Waals surface area contributed by atoms with E-state index in [1.54, 1.807) is 36.2 Å². The van der Waals surface area contributed by atoms with Crippen LogP contribution in [0.3, 0.4) is 0 Å². The first kappa shape index (κ1) is 19.9. The minimum atomic E-state index is -0.298. The molecular formula is C24H24FN3O2. The number of fused-ring (bicyclic) bond motifs is 1. The Balaban J connectivity index is 1.66. The standard InChI is InChI=1S/C24H24FN3O2/c1-3-19-20(7-4-15(2)23(19)25)24(29)28-10-11-30-21-8-5-16(12-18(21)14-28)17-6-9-22(26)27-13-17/h4-9,12-13H,3,10-11,14H2,1-2H3,(H2,26,27). The molecule has 4 rings (SSSR count). The van der Waals surface area contributed by atoms with Crippen molar-refractivity contribution < 1.29 is 13.9 Å². The predicted molar refractivity (Wildman–Crippen MR) is 115 cm³/mol. The smallest absolute Gasteiger partial charge is 0.254 e. The number of hydrogen-bond donors (Lipinski definition) is 1. The average molecular weight is 405 g/mol. The molecule has 154 valence electrons. The summed E-state index contributed by atoms with van der Waals surface area (Å²) in [5, 5.41) is 0. The molecule has 0 fully saturated rings. The van der Waals surface area contributed by atoms with Crippen LogP contribution in [0.2, 0.25) is 0 Å². The molecule has 0 bridgehead atoms. The second kappa shape index (κ2) is 8.14. The van der Waals surface area contributed by atoms with Crippen molar-refractivity contribution in [3.63, 3.8) is 0 Å². The Morgan fingerprint density at radius 3 is 2.73 bits per heavy atom. The number of nitrogens with zero attached hydrogens (tertiary/aromatic N) is 2. The fraction of sp³-hybridized carbons (Fsp3) is 0.250. The van der Waals surface area contributed by atoms with Gasteiger partial charge < -0.3 is 15.4 Å². The molecule has 0 atom stereocenters. The molecule has 0 unspecified atom stereocenters. The molecule has 2 aromatic carbocycles. The van der Waals surface area contributed by atoms with Gasteiger partial charge in [-0.05, 0) is 54.8 Å². The van der Waals surface area contributed by atoms with Crippen LogP contribution in [0.25, 0.3) is 11.1 Å². The highest BCUT2D eigenvalue weighted by Gasteiger charge is 2.24. The van der Waals surface area contributed by atoms with Crippen molar-refractivity contribution in [3.05, 3.63) is 76.7 Å². The molecule has 1 aliphatic rings. The maximum atomic E-state index is 14.6. The maximum absolute atomic E-state index is 14.6. The van der Waals surface area contributed by atoms with Crippen molar-refractivity contribution in [3.8, 4) is 16.9 Å². The summed E-state index contributed by atoms with van der Waals surface area (Å²) in [6, 6.07) is 12.9. The van der Waals surface area contributed by atoms with Crippen LogP contribution in [-0.2, 0) is 13.0 Å². The van der Waals surface area contributed by atoms with Crippen molar-refractivity contribution in [2.24, 2.45) is 0 Å². The number of rotatable bonds is 3. The number of ether oxygens (including phenoxy) is 1. The first-order valence-electron chi connectivity index (χ1n) is 10.0. The number of benzene rings is 2. The van der Waals surface area contributed by atoms with Crippen LogP contribution in [-0.4, -0.2) is 28.9 Å². The Morgan fingerprint density at radius 2 is 2.00 bits per heavy atom. The maximum Gasteiger partial charge on any atom is 0.254 e. The number of amides is 1. The Kier molecular flexibility index (Phi) is 5.40. The van der Waals surface area contributed by atoms with Gasteiger partial charge in [0.15, 0.2) is 0 Å². The average Bonchev–Trinajstić information content (AvgIpc) is 2.97. The van der Waals surface area contributed by atoms with E-state index < -0.39 is 0 Å². The summed E-state index contributed by atoms with van der Waals surface area (Å²) in [6.45, 7) is 4.79. The Labute approximate surface area is 175 Å². The molecule has 0 aliphatic carbocycles. The van der Waals surface area contributed by atoms with E-state index in [1.807, 2.05) is 31.2 Å². The highest BCUT2D eigenvalue weighted by molar-refractivity contribution is 5.96. The number of nitrogen functional groups attached to an aromatic ring is 1. The number of pyridine rings is 1. The van der Waals surface area contributed by atoms with E-state index in [0.29, 0.717) is 48.6 Å². The summed E-state index contributed by atoms with van der Waals surface area (Å²) in [6.07, 6.45) is 2.18. The number of aromatic nitrogens is 1. The second-order valence-electron chi connectivity index (χ2n) is 7.45. The summed E-state index contributed by atoms with van der Waals surface area (Å²) in [5.41, 5.74) is 9.92. The largest absolute Gasteiger partial charge is 0.491 e. The molecule has 0 radical (unpaired) electrons. The van der Waals surface area contributed by atoms with Crippen LogP contribution in [0.4, 0.5) is 10.2 Å². The van der Waals surface area contributed by atoms with E-state index in [-0.39, 0.29) is 11.7 Å². The molecule has 1 aliphatic heterocycles. The van der Waals surface area contributed by atoms with Gasteiger partial charge in [-0.2, -0.15) is 0 Å². The highest BCUT2D eigenvalue weighted by atomic mass is 19.1. The molecule has 5 nitrogen and oxygen atoms in total. The van der Waals surface area contributed by atoms with Crippen LogP contribution in [0, 0.1) is 12.7 Å². The van der Waals surface area contributed by atoms with Gasteiger partial charge in [-0.1, -0.05) is 19.1 Å². The number of hydrogen-bond acceptors (Lipinski definition) is 4. The number of anilines is 1. The van der Waals surface area contributed by atoms with Gasteiger partial charge in [0.2, 0.25) is 0 Å². The van der Waals surface area contributed by atoms with Gasteiger partial charge in [0.25, 0.3) is 5.91 Å². The Morgan fingerprint density at radius 1 is 1.20 bits per heavy atom. The van der Waals surface area contributed by atoms with Crippen LogP contribution in [0.1, 0.15) is 34.0 Å². The predicted octanol–water partition coefficient (Wildman–Crippen LogP) is 4.38. The fourth-order valence-corrected chi connectivity index (χ4v) is 3.78. The van der Waals surface area contributed by atoms with Crippen LogP contribution >= 0.6 is 0 Å². The summed E-state index contributed by atoms with van der Waals surface area (Å²) >= 11 is 0. The molecular weight excluding hydrogens is 381 g/mol. The third-order valence-electron chi connectivity index (χ3n) is 5.47. The highest BCUT2D eigenvalue weighted by Crippen LogP contribution is 2.30. The number of carbonyl (C=O) groups is 1. The normalized spacial score (nSPS) is 13.4. The van der Waals surface area contributed by atoms with Gasteiger partial charge in [-0.25, -0.2) is 9.37 Å². The van der Waals surface area contributed by atoms with Crippen LogP contribution < -0.4 is 10.5 Å². The summed E-state index contributed by atoms with van der Waals surface area (Å²) < 4.78 is 20.4. The minimum absolute atomic E-state index is 0.179. The van der Waals surface area contributed by atoms with Crippen LogP contribution in [0.5, 0.6) is 5.75 Å². The van der Waals surface area contributed by atoms with E-state index in [9.17, 15) is 9.18 Å². The minimum Gasteiger partial charge on any atom is -0.491 e. The Hall–Kier alpha value is -3.41. The first-order valence-corrected chi connectivity index (χ1v) is 10.0. The molecule has 1 aromatic heterocycles. The zero-order valence-electron chi connectivity index (χ0n) is 17.1. The molecule has 0 saturated carbocycles. The lowest BCUT2D eigenvalue weighted by atomic mass is 9.99. The van der Waals surface area contributed by atoms with E-state index in [0.717, 1.165) is 22.4 Å². The van der Waals surface area contributed by atoms with Crippen molar-refractivity contribution in [1.29, 1.82) is 0 Å². The van der Waals surface area contributed by atoms with Crippen molar-refractivity contribution in [2.75, 3.05) is 18.9 Å². The van der Waals surface area contributed by atoms with E-state index in [2.05, 4.69) is 4.98 Å². The molecule has 0 spiro atoms. The quantitative estimate of drug-likeness (QED) is 0.702. The monoisotopic (exact) mass is 405 g/mol. The molecule has 2 heterocycles. The number of halogens is 1. The van der Waals surface area contributed by atoms with Gasteiger partial charge in [-0.15, -0.1) is 0 Å². The molecule has 3 aromatic rings. The van der Waals surface area contributed by atoms with Crippen molar-refractivity contribution in [1.82, 2.24) is 9.88 Å². The van der Waals surface area contributed by atoms with E-state index >= 15 is 0 Å². The summed E-state index contributed by atoms with van der Waals surface area (Å²) in [7, 11) is 0. The molecule has 0 saturated heterocycles. The molecule has 1 amide bonds. The van der Waals surface area contributed by atoms with Gasteiger partial charge >= 0.3 is 0 Å². The number of carbonyl (C=O) groups excluding carboxylic acids is 1. The first-order chi connectivity index (χ1) is 14.5. The van der Waals surface area contributed by atoms with Crippen LogP contribution in [0.15, 0.2) is 48.7 Å². The lowest BCUT2D eigenvalue weighted by molar-refractivity contribution is 0.0731. The fourth-order valence-electron chi connectivity index (χ4n) is 3.78. The molecule has 2 N–H and O–H groups in total. The lowest BCUT2D eigenvalue weighted by Gasteiger charge is -2.22. The second-order valence-corrected chi connectivity index (χ2v) is 7.45. The third-order valence-corrected chi connectivity index (χ3v) is 5.47. The lowest BCUT2D eigenvalue weighted by Crippen LogP contribution is -2.33. The summed E-state index contributed by atoms with van der Waals surface area (Å²) in [5.74, 6) is 0.739. The third kappa shape index (κ3) is 3.73. The van der Waals surface area contributed by atoms with Gasteiger partial charge in [0.05, 0.1) is 6.54 Å². The van der Waals surface area contributed by atoms with Gasteiger partial charge in [-0.3, -0.25) is 4.79 Å². The van der Waals surface area contributed by atoms with Crippen molar-refractivity contribution in [2.45, 2.75) is 26.8 Å². The van der Waals surface area contributed by atoms with E-state index in [4.69, 9.17) is 10.5 Å². The molecule has 6 heteroatoms. The number of aryl methyl sites for hydroxylation is 1. The zero-order chi connectivity index (χ0) is 21.3. The van der Waals surface area contributed by atoms with Gasteiger partial charge in [0, 0.05) is 35.0 Å². The van der Waals surface area contributed by atoms with E-state index in [1.165, 1.54) is 0 Å².